The SMILES string of the molecule is CC1CC(CN)CN1Cc1cc(Cl)ccn1. The lowest BCUT2D eigenvalue weighted by Gasteiger charge is -2.20. The third-order valence-corrected chi connectivity index (χ3v) is 3.50. The largest absolute Gasteiger partial charge is 0.330 e. The van der Waals surface area contributed by atoms with Gasteiger partial charge in [-0.1, -0.05) is 11.6 Å². The van der Waals surface area contributed by atoms with Crippen molar-refractivity contribution in [3.63, 3.8) is 0 Å². The Morgan fingerprint density at radius 1 is 1.62 bits per heavy atom. The lowest BCUT2D eigenvalue weighted by atomic mass is 10.1. The van der Waals surface area contributed by atoms with Crippen LogP contribution in [0.2, 0.25) is 5.02 Å². The van der Waals surface area contributed by atoms with Gasteiger partial charge in [-0.05, 0) is 37.9 Å². The number of pyridine rings is 1. The molecule has 1 saturated heterocycles. The standard InChI is InChI=1S/C12H18ClN3/c1-9-4-10(6-14)7-16(9)8-12-5-11(13)2-3-15-12/h2-3,5,9-10H,4,6-8,14H2,1H3. The molecule has 2 N–H and O–H groups in total. The Balaban J connectivity index is 2.00. The zero-order valence-corrected chi connectivity index (χ0v) is 10.3. The van der Waals surface area contributed by atoms with Crippen LogP contribution < -0.4 is 5.73 Å². The van der Waals surface area contributed by atoms with Crippen molar-refractivity contribution in [1.82, 2.24) is 9.88 Å². The number of rotatable bonds is 3. The monoisotopic (exact) mass is 239 g/mol. The van der Waals surface area contributed by atoms with Crippen LogP contribution in [-0.4, -0.2) is 29.0 Å². The van der Waals surface area contributed by atoms with Crippen LogP contribution in [0.1, 0.15) is 19.0 Å². The Kier molecular flexibility index (Phi) is 3.79. The smallest absolute Gasteiger partial charge is 0.0558 e. The van der Waals surface area contributed by atoms with Gasteiger partial charge in [0.1, 0.15) is 0 Å². The summed E-state index contributed by atoms with van der Waals surface area (Å²) < 4.78 is 0. The lowest BCUT2D eigenvalue weighted by Crippen LogP contribution is -2.27. The highest BCUT2D eigenvalue weighted by Gasteiger charge is 2.27. The predicted octanol–water partition coefficient (Wildman–Crippen LogP) is 1.90. The second kappa shape index (κ2) is 5.13. The molecule has 0 bridgehead atoms. The van der Waals surface area contributed by atoms with Crippen LogP contribution in [0, 0.1) is 5.92 Å². The van der Waals surface area contributed by atoms with Gasteiger partial charge in [0, 0.05) is 30.4 Å². The molecule has 0 aliphatic carbocycles. The number of aromatic nitrogens is 1. The molecule has 1 aromatic heterocycles. The third-order valence-electron chi connectivity index (χ3n) is 3.27. The van der Waals surface area contributed by atoms with Crippen molar-refractivity contribution < 1.29 is 0 Å². The molecule has 1 aromatic rings. The van der Waals surface area contributed by atoms with Crippen LogP contribution in [0.15, 0.2) is 18.3 Å². The van der Waals surface area contributed by atoms with Crippen molar-refractivity contribution >= 4 is 11.6 Å². The van der Waals surface area contributed by atoms with Crippen molar-refractivity contribution in [2.24, 2.45) is 11.7 Å². The average Bonchev–Trinajstić information content (AvgIpc) is 2.60. The first-order valence-electron chi connectivity index (χ1n) is 5.73. The van der Waals surface area contributed by atoms with E-state index in [9.17, 15) is 0 Å². The Bertz CT molecular complexity index is 356. The first-order chi connectivity index (χ1) is 7.69. The van der Waals surface area contributed by atoms with Gasteiger partial charge in [0.2, 0.25) is 0 Å². The van der Waals surface area contributed by atoms with E-state index in [1.807, 2.05) is 6.07 Å². The molecule has 1 fully saturated rings. The number of halogens is 1. The van der Waals surface area contributed by atoms with Crippen molar-refractivity contribution in [2.45, 2.75) is 25.9 Å². The summed E-state index contributed by atoms with van der Waals surface area (Å²) in [5, 5.41) is 0.757. The minimum absolute atomic E-state index is 0.592. The Labute approximate surface area is 102 Å². The van der Waals surface area contributed by atoms with Gasteiger partial charge < -0.3 is 5.73 Å². The van der Waals surface area contributed by atoms with Crippen LogP contribution in [0.25, 0.3) is 0 Å². The highest BCUT2D eigenvalue weighted by Crippen LogP contribution is 2.24. The maximum absolute atomic E-state index is 5.94. The third kappa shape index (κ3) is 2.73. The summed E-state index contributed by atoms with van der Waals surface area (Å²) >= 11 is 5.94. The van der Waals surface area contributed by atoms with Gasteiger partial charge in [-0.3, -0.25) is 9.88 Å². The van der Waals surface area contributed by atoms with Gasteiger partial charge in [-0.2, -0.15) is 0 Å². The molecular formula is C12H18ClN3. The van der Waals surface area contributed by atoms with Crippen molar-refractivity contribution in [3.05, 3.63) is 29.0 Å². The quantitative estimate of drug-likeness (QED) is 0.876. The van der Waals surface area contributed by atoms with E-state index in [4.69, 9.17) is 17.3 Å². The molecule has 0 saturated carbocycles. The predicted molar refractivity (Wildman–Crippen MR) is 66.3 cm³/mol. The summed E-state index contributed by atoms with van der Waals surface area (Å²) in [6.07, 6.45) is 2.95. The van der Waals surface area contributed by atoms with Crippen LogP contribution in [-0.2, 0) is 6.54 Å². The number of hydrogen-bond donors (Lipinski definition) is 1. The van der Waals surface area contributed by atoms with Crippen LogP contribution in [0.4, 0.5) is 0 Å². The summed E-state index contributed by atoms with van der Waals surface area (Å²) in [6.45, 7) is 4.98. The molecule has 2 heterocycles. The molecule has 2 unspecified atom stereocenters. The van der Waals surface area contributed by atoms with Crippen LogP contribution in [0.5, 0.6) is 0 Å². The molecule has 88 valence electrons. The molecule has 16 heavy (non-hydrogen) atoms. The molecule has 2 atom stereocenters. The van der Waals surface area contributed by atoms with E-state index in [1.165, 1.54) is 6.42 Å². The first kappa shape index (κ1) is 11.8. The van der Waals surface area contributed by atoms with Crippen LogP contribution >= 0.6 is 11.6 Å². The number of likely N-dealkylation sites (tertiary alicyclic amines) is 1. The molecule has 2 rings (SSSR count). The fourth-order valence-electron chi connectivity index (χ4n) is 2.35. The minimum Gasteiger partial charge on any atom is -0.330 e. The highest BCUT2D eigenvalue weighted by atomic mass is 35.5. The van der Waals surface area contributed by atoms with Crippen molar-refractivity contribution in [1.29, 1.82) is 0 Å². The molecular weight excluding hydrogens is 222 g/mol. The molecule has 0 amide bonds. The molecule has 0 spiro atoms. The van der Waals surface area contributed by atoms with E-state index in [-0.39, 0.29) is 0 Å². The summed E-state index contributed by atoms with van der Waals surface area (Å²) in [5.74, 6) is 0.634. The van der Waals surface area contributed by atoms with Gasteiger partial charge in [0.05, 0.1) is 5.69 Å². The molecule has 0 radical (unpaired) electrons. The van der Waals surface area contributed by atoms with E-state index in [0.717, 1.165) is 30.4 Å². The summed E-state index contributed by atoms with van der Waals surface area (Å²) in [5.41, 5.74) is 6.75. The average molecular weight is 240 g/mol. The van der Waals surface area contributed by atoms with Crippen molar-refractivity contribution in [2.75, 3.05) is 13.1 Å². The van der Waals surface area contributed by atoms with Gasteiger partial charge in [-0.15, -0.1) is 0 Å². The summed E-state index contributed by atoms with van der Waals surface area (Å²) in [6, 6.07) is 4.33. The van der Waals surface area contributed by atoms with E-state index in [2.05, 4.69) is 16.8 Å². The number of hydrogen-bond acceptors (Lipinski definition) is 3. The van der Waals surface area contributed by atoms with Crippen molar-refractivity contribution in [3.8, 4) is 0 Å². The Hall–Kier alpha value is -0.640. The number of nitrogens with two attached hydrogens (primary N) is 1. The topological polar surface area (TPSA) is 42.1 Å². The van der Waals surface area contributed by atoms with E-state index >= 15 is 0 Å². The van der Waals surface area contributed by atoms with Gasteiger partial charge in [0.25, 0.3) is 0 Å². The van der Waals surface area contributed by atoms with Crippen LogP contribution in [0.3, 0.4) is 0 Å². The van der Waals surface area contributed by atoms with Gasteiger partial charge >= 0.3 is 0 Å². The van der Waals surface area contributed by atoms with Gasteiger partial charge in [-0.25, -0.2) is 0 Å². The zero-order chi connectivity index (χ0) is 11.5. The summed E-state index contributed by atoms with van der Waals surface area (Å²) in [4.78, 5) is 6.76. The molecule has 1 aliphatic rings. The van der Waals surface area contributed by atoms with E-state index in [1.54, 1.807) is 12.3 Å². The second-order valence-electron chi connectivity index (χ2n) is 4.58. The van der Waals surface area contributed by atoms with E-state index < -0.39 is 0 Å². The fraction of sp³-hybridized carbons (Fsp3) is 0.583. The normalized spacial score (nSPS) is 26.2. The number of nitrogens with zero attached hydrogens (tertiary/aromatic N) is 2. The molecule has 1 aliphatic heterocycles. The molecule has 4 heteroatoms. The molecule has 0 aromatic carbocycles. The molecule has 3 nitrogen and oxygen atoms in total. The second-order valence-corrected chi connectivity index (χ2v) is 5.02. The summed E-state index contributed by atoms with van der Waals surface area (Å²) in [7, 11) is 0. The fourth-order valence-corrected chi connectivity index (χ4v) is 2.53. The Morgan fingerprint density at radius 3 is 3.06 bits per heavy atom. The maximum Gasteiger partial charge on any atom is 0.0558 e. The lowest BCUT2D eigenvalue weighted by molar-refractivity contribution is 0.253. The highest BCUT2D eigenvalue weighted by molar-refractivity contribution is 6.30. The van der Waals surface area contributed by atoms with Gasteiger partial charge in [0.15, 0.2) is 0 Å². The minimum atomic E-state index is 0.592. The van der Waals surface area contributed by atoms with E-state index in [0.29, 0.717) is 12.0 Å². The maximum atomic E-state index is 5.94. The first-order valence-corrected chi connectivity index (χ1v) is 6.11. The zero-order valence-electron chi connectivity index (χ0n) is 9.56. The Morgan fingerprint density at radius 2 is 2.44 bits per heavy atom.